The van der Waals surface area contributed by atoms with E-state index in [1.54, 1.807) is 23.5 Å². The second-order valence-electron chi connectivity index (χ2n) is 3.53. The van der Waals surface area contributed by atoms with Gasteiger partial charge in [0.1, 0.15) is 5.82 Å². The van der Waals surface area contributed by atoms with Crippen LogP contribution in [-0.4, -0.2) is 0 Å². The van der Waals surface area contributed by atoms with Crippen molar-refractivity contribution in [2.45, 2.75) is 12.5 Å². The second-order valence-corrected chi connectivity index (χ2v) is 4.97. The fraction of sp³-hybridized carbons (Fsp3) is 0.167. The number of rotatable bonds is 3. The largest absolute Gasteiger partial charge is 0.324 e. The van der Waals surface area contributed by atoms with E-state index in [1.165, 1.54) is 6.07 Å². The smallest absolute Gasteiger partial charge is 0.146 e. The highest BCUT2D eigenvalue weighted by Crippen LogP contribution is 2.25. The molecule has 1 heterocycles. The van der Waals surface area contributed by atoms with E-state index in [2.05, 4.69) is 0 Å². The summed E-state index contributed by atoms with van der Waals surface area (Å²) in [6, 6.07) is 8.53. The summed E-state index contributed by atoms with van der Waals surface area (Å²) in [5.41, 5.74) is 6.44. The maximum atomic E-state index is 13.7. The van der Waals surface area contributed by atoms with Crippen LogP contribution in [0, 0.1) is 5.82 Å². The van der Waals surface area contributed by atoms with Gasteiger partial charge in [-0.2, -0.15) is 0 Å². The molecule has 84 valence electrons. The number of hydrogen-bond donors (Lipinski definition) is 1. The molecule has 0 radical (unpaired) electrons. The summed E-state index contributed by atoms with van der Waals surface area (Å²) in [7, 11) is 0. The second kappa shape index (κ2) is 4.95. The van der Waals surface area contributed by atoms with Crippen LogP contribution in [0.1, 0.15) is 16.5 Å². The summed E-state index contributed by atoms with van der Waals surface area (Å²) in [4.78, 5) is 1.15. The van der Waals surface area contributed by atoms with E-state index < -0.39 is 5.82 Å². The Kier molecular flexibility index (Phi) is 3.59. The van der Waals surface area contributed by atoms with E-state index in [0.29, 0.717) is 12.0 Å². The van der Waals surface area contributed by atoms with Crippen LogP contribution in [0.25, 0.3) is 0 Å². The van der Waals surface area contributed by atoms with Gasteiger partial charge in [0.25, 0.3) is 0 Å². The van der Waals surface area contributed by atoms with Gasteiger partial charge in [-0.15, -0.1) is 11.3 Å². The first-order valence-corrected chi connectivity index (χ1v) is 6.16. The number of halogens is 2. The van der Waals surface area contributed by atoms with Crippen LogP contribution < -0.4 is 5.73 Å². The molecule has 1 aromatic carbocycles. The zero-order chi connectivity index (χ0) is 11.5. The lowest BCUT2D eigenvalue weighted by Gasteiger charge is -2.12. The molecule has 2 rings (SSSR count). The molecule has 16 heavy (non-hydrogen) atoms. The van der Waals surface area contributed by atoms with Gasteiger partial charge in [0.05, 0.1) is 5.02 Å². The van der Waals surface area contributed by atoms with Gasteiger partial charge >= 0.3 is 0 Å². The van der Waals surface area contributed by atoms with Crippen LogP contribution in [-0.2, 0) is 6.42 Å². The minimum atomic E-state index is -0.409. The molecule has 0 bridgehead atoms. The monoisotopic (exact) mass is 255 g/mol. The topological polar surface area (TPSA) is 26.0 Å². The molecule has 2 aromatic rings. The van der Waals surface area contributed by atoms with Crippen LogP contribution in [0.3, 0.4) is 0 Å². The maximum Gasteiger partial charge on any atom is 0.146 e. The highest BCUT2D eigenvalue weighted by molar-refractivity contribution is 7.09. The molecule has 1 nitrogen and oxygen atoms in total. The van der Waals surface area contributed by atoms with Crippen LogP contribution in [0.4, 0.5) is 4.39 Å². The lowest BCUT2D eigenvalue weighted by atomic mass is 10.0. The lowest BCUT2D eigenvalue weighted by molar-refractivity contribution is 0.582. The molecule has 1 unspecified atom stereocenters. The highest BCUT2D eigenvalue weighted by Gasteiger charge is 2.14. The molecule has 0 aliphatic heterocycles. The van der Waals surface area contributed by atoms with Crippen LogP contribution in [0.2, 0.25) is 5.02 Å². The summed E-state index contributed by atoms with van der Waals surface area (Å²) >= 11 is 7.33. The molecule has 4 heteroatoms. The average Bonchev–Trinajstić information content (AvgIpc) is 2.74. The minimum Gasteiger partial charge on any atom is -0.324 e. The Hall–Kier alpha value is -0.900. The molecule has 0 spiro atoms. The van der Waals surface area contributed by atoms with Gasteiger partial charge < -0.3 is 5.73 Å². The van der Waals surface area contributed by atoms with Crippen molar-refractivity contribution in [3.63, 3.8) is 0 Å². The molecule has 0 saturated heterocycles. The van der Waals surface area contributed by atoms with E-state index >= 15 is 0 Å². The Labute approximate surface area is 103 Å². The minimum absolute atomic E-state index is 0.124. The molecular weight excluding hydrogens is 245 g/mol. The Balaban J connectivity index is 2.21. The van der Waals surface area contributed by atoms with Crippen molar-refractivity contribution in [3.8, 4) is 0 Å². The maximum absolute atomic E-state index is 13.7. The summed E-state index contributed by atoms with van der Waals surface area (Å²) in [6.45, 7) is 0. The first kappa shape index (κ1) is 11.6. The van der Waals surface area contributed by atoms with E-state index in [4.69, 9.17) is 17.3 Å². The Bertz CT molecular complexity index is 470. The SMILES string of the molecule is NC(Cc1cccs1)c1cccc(Cl)c1F. The van der Waals surface area contributed by atoms with Gasteiger partial charge in [0.15, 0.2) is 0 Å². The molecule has 0 fully saturated rings. The first-order valence-electron chi connectivity index (χ1n) is 4.90. The van der Waals surface area contributed by atoms with Gasteiger partial charge in [-0.05, 0) is 17.5 Å². The molecule has 1 atom stereocenters. The molecule has 0 aliphatic rings. The number of nitrogens with two attached hydrogens (primary N) is 1. The summed E-state index contributed by atoms with van der Waals surface area (Å²) in [6.07, 6.45) is 0.634. The van der Waals surface area contributed by atoms with Crippen molar-refractivity contribution < 1.29 is 4.39 Å². The van der Waals surface area contributed by atoms with E-state index in [9.17, 15) is 4.39 Å². The third kappa shape index (κ3) is 2.43. The van der Waals surface area contributed by atoms with Crippen LogP contribution in [0.15, 0.2) is 35.7 Å². The molecule has 0 saturated carbocycles. The molecular formula is C12H11ClFNS. The first-order chi connectivity index (χ1) is 7.68. The van der Waals surface area contributed by atoms with Crippen LogP contribution >= 0.6 is 22.9 Å². The van der Waals surface area contributed by atoms with Gasteiger partial charge in [-0.25, -0.2) is 4.39 Å². The molecule has 1 aromatic heterocycles. The van der Waals surface area contributed by atoms with E-state index in [0.717, 1.165) is 4.88 Å². The van der Waals surface area contributed by atoms with Crippen molar-refractivity contribution in [2.24, 2.45) is 5.73 Å². The zero-order valence-corrected chi connectivity index (χ0v) is 10.1. The number of hydrogen-bond acceptors (Lipinski definition) is 2. The quantitative estimate of drug-likeness (QED) is 0.887. The third-order valence-electron chi connectivity index (χ3n) is 2.38. The van der Waals surface area contributed by atoms with Crippen molar-refractivity contribution in [1.82, 2.24) is 0 Å². The molecule has 0 amide bonds. The fourth-order valence-electron chi connectivity index (χ4n) is 1.56. The lowest BCUT2D eigenvalue weighted by Crippen LogP contribution is -2.14. The van der Waals surface area contributed by atoms with E-state index in [-0.39, 0.29) is 11.1 Å². The Morgan fingerprint density at radius 3 is 2.81 bits per heavy atom. The Morgan fingerprint density at radius 2 is 2.12 bits per heavy atom. The summed E-state index contributed by atoms with van der Waals surface area (Å²) < 4.78 is 13.7. The number of thiophene rings is 1. The fourth-order valence-corrected chi connectivity index (χ4v) is 2.51. The summed E-state index contributed by atoms with van der Waals surface area (Å²) in [5.74, 6) is -0.409. The van der Waals surface area contributed by atoms with Crippen molar-refractivity contribution in [2.75, 3.05) is 0 Å². The molecule has 2 N–H and O–H groups in total. The number of benzene rings is 1. The predicted molar refractivity (Wildman–Crippen MR) is 66.4 cm³/mol. The van der Waals surface area contributed by atoms with E-state index in [1.807, 2.05) is 17.5 Å². The standard InChI is InChI=1S/C12H11ClFNS/c13-10-5-1-4-9(12(10)14)11(15)7-8-3-2-6-16-8/h1-6,11H,7,15H2. The van der Waals surface area contributed by atoms with Crippen molar-refractivity contribution in [1.29, 1.82) is 0 Å². The van der Waals surface area contributed by atoms with Crippen molar-refractivity contribution >= 4 is 22.9 Å². The van der Waals surface area contributed by atoms with Crippen molar-refractivity contribution in [3.05, 3.63) is 57.0 Å². The van der Waals surface area contributed by atoms with Gasteiger partial charge in [0, 0.05) is 22.9 Å². The molecule has 0 aliphatic carbocycles. The van der Waals surface area contributed by atoms with Gasteiger partial charge in [-0.3, -0.25) is 0 Å². The van der Waals surface area contributed by atoms with Crippen LogP contribution in [0.5, 0.6) is 0 Å². The highest BCUT2D eigenvalue weighted by atomic mass is 35.5. The zero-order valence-electron chi connectivity index (χ0n) is 8.49. The summed E-state index contributed by atoms with van der Waals surface area (Å²) in [5, 5.41) is 2.11. The third-order valence-corrected chi connectivity index (χ3v) is 3.57. The van der Waals surface area contributed by atoms with Gasteiger partial charge in [0.2, 0.25) is 0 Å². The average molecular weight is 256 g/mol. The van der Waals surface area contributed by atoms with Gasteiger partial charge in [-0.1, -0.05) is 29.8 Å². The predicted octanol–water partition coefficient (Wildman–Crippen LogP) is 3.78. The Morgan fingerprint density at radius 1 is 1.31 bits per heavy atom. The normalized spacial score (nSPS) is 12.7.